The highest BCUT2D eigenvalue weighted by molar-refractivity contribution is 8.77. The lowest BCUT2D eigenvalue weighted by Gasteiger charge is -2.25. The van der Waals surface area contributed by atoms with Gasteiger partial charge in [-0.3, -0.25) is 4.79 Å². The van der Waals surface area contributed by atoms with E-state index in [9.17, 15) is 4.79 Å². The Balaban J connectivity index is 1.68. The molecule has 1 heterocycles. The van der Waals surface area contributed by atoms with E-state index >= 15 is 0 Å². The number of aryl methyl sites for hydroxylation is 1. The van der Waals surface area contributed by atoms with Gasteiger partial charge in [0, 0.05) is 24.0 Å². The first-order valence-electron chi connectivity index (χ1n) is 8.84. The number of nitrogens with zero attached hydrogens (tertiary/aromatic N) is 1. The molecule has 1 amide bonds. The Labute approximate surface area is 154 Å². The van der Waals surface area contributed by atoms with Gasteiger partial charge in [0.1, 0.15) is 0 Å². The minimum Gasteiger partial charge on any atom is -0.354 e. The fraction of sp³-hybridized carbons (Fsp3) is 0.632. The van der Waals surface area contributed by atoms with E-state index in [2.05, 4.69) is 55.5 Å². The SMILES string of the molecule is Cc1ccc(C(CNC(=O)CCCCC2CCSS2)N(C)C)cc1. The fourth-order valence-electron chi connectivity index (χ4n) is 2.91. The summed E-state index contributed by atoms with van der Waals surface area (Å²) >= 11 is 0. The van der Waals surface area contributed by atoms with E-state index in [1.54, 1.807) is 0 Å². The van der Waals surface area contributed by atoms with Crippen molar-refractivity contribution in [1.29, 1.82) is 0 Å². The second-order valence-corrected chi connectivity index (χ2v) is 9.56. The molecule has 2 rings (SSSR count). The van der Waals surface area contributed by atoms with Gasteiger partial charge in [-0.25, -0.2) is 0 Å². The molecule has 1 aromatic carbocycles. The normalized spacial score (nSPS) is 18.8. The highest BCUT2D eigenvalue weighted by Gasteiger charge is 2.17. The van der Waals surface area contributed by atoms with Crippen molar-refractivity contribution in [2.75, 3.05) is 26.4 Å². The van der Waals surface area contributed by atoms with Gasteiger partial charge in [-0.1, -0.05) is 57.8 Å². The van der Waals surface area contributed by atoms with Gasteiger partial charge >= 0.3 is 0 Å². The van der Waals surface area contributed by atoms with Crippen LogP contribution in [0, 0.1) is 6.92 Å². The molecule has 2 unspecified atom stereocenters. The summed E-state index contributed by atoms with van der Waals surface area (Å²) in [5.74, 6) is 1.48. The van der Waals surface area contributed by atoms with Crippen LogP contribution in [0.4, 0.5) is 0 Å². The number of unbranched alkanes of at least 4 members (excludes halogenated alkanes) is 1. The van der Waals surface area contributed by atoms with Crippen molar-refractivity contribution >= 4 is 27.5 Å². The molecule has 24 heavy (non-hydrogen) atoms. The van der Waals surface area contributed by atoms with Crippen LogP contribution in [0.5, 0.6) is 0 Å². The topological polar surface area (TPSA) is 32.3 Å². The largest absolute Gasteiger partial charge is 0.354 e. The molecule has 1 saturated heterocycles. The average molecular weight is 367 g/mol. The third-order valence-corrected chi connectivity index (χ3v) is 7.49. The van der Waals surface area contributed by atoms with Gasteiger partial charge in [-0.15, -0.1) is 0 Å². The fourth-order valence-corrected chi connectivity index (χ4v) is 5.94. The molecule has 1 N–H and O–H groups in total. The summed E-state index contributed by atoms with van der Waals surface area (Å²) in [7, 11) is 8.15. The maximum Gasteiger partial charge on any atom is 0.220 e. The van der Waals surface area contributed by atoms with Crippen LogP contribution in [0.3, 0.4) is 0 Å². The zero-order chi connectivity index (χ0) is 17.4. The Kier molecular flexibility index (Phi) is 8.50. The number of carbonyl (C=O) groups is 1. The molecule has 1 aliphatic heterocycles. The van der Waals surface area contributed by atoms with Crippen LogP contribution in [0.25, 0.3) is 0 Å². The molecule has 0 spiro atoms. The van der Waals surface area contributed by atoms with E-state index in [1.807, 2.05) is 21.6 Å². The molecule has 0 aliphatic carbocycles. The Morgan fingerprint density at radius 2 is 2.04 bits per heavy atom. The van der Waals surface area contributed by atoms with E-state index in [0.717, 1.165) is 11.7 Å². The number of hydrogen-bond donors (Lipinski definition) is 1. The van der Waals surface area contributed by atoms with Crippen molar-refractivity contribution in [3.8, 4) is 0 Å². The van der Waals surface area contributed by atoms with Crippen LogP contribution in [-0.4, -0.2) is 42.4 Å². The van der Waals surface area contributed by atoms with Crippen LogP contribution in [-0.2, 0) is 4.79 Å². The number of rotatable bonds is 9. The summed E-state index contributed by atoms with van der Waals surface area (Å²) in [5.41, 5.74) is 2.51. The lowest BCUT2D eigenvalue weighted by Crippen LogP contribution is -2.34. The van der Waals surface area contributed by atoms with Crippen molar-refractivity contribution in [1.82, 2.24) is 10.2 Å². The van der Waals surface area contributed by atoms with E-state index in [4.69, 9.17) is 0 Å². The Hall–Kier alpha value is -0.650. The van der Waals surface area contributed by atoms with E-state index in [1.165, 1.54) is 36.1 Å². The highest BCUT2D eigenvalue weighted by atomic mass is 33.1. The van der Waals surface area contributed by atoms with Gasteiger partial charge in [0.05, 0.1) is 6.04 Å². The maximum atomic E-state index is 12.1. The molecule has 1 aliphatic rings. The number of carbonyl (C=O) groups excluding carboxylic acids is 1. The molecule has 2 atom stereocenters. The Morgan fingerprint density at radius 3 is 2.67 bits per heavy atom. The van der Waals surface area contributed by atoms with Gasteiger partial charge in [0.15, 0.2) is 0 Å². The molecular formula is C19H30N2OS2. The number of hydrogen-bond acceptors (Lipinski definition) is 4. The Morgan fingerprint density at radius 1 is 1.29 bits per heavy atom. The predicted molar refractivity (Wildman–Crippen MR) is 108 cm³/mol. The van der Waals surface area contributed by atoms with Crippen molar-refractivity contribution in [2.45, 2.75) is 50.3 Å². The van der Waals surface area contributed by atoms with Crippen molar-refractivity contribution in [3.05, 3.63) is 35.4 Å². The van der Waals surface area contributed by atoms with Gasteiger partial charge in [0.2, 0.25) is 5.91 Å². The van der Waals surface area contributed by atoms with Crippen LogP contribution in [0.1, 0.15) is 49.3 Å². The zero-order valence-corrected chi connectivity index (χ0v) is 16.7. The summed E-state index contributed by atoms with van der Waals surface area (Å²) in [4.78, 5) is 14.3. The van der Waals surface area contributed by atoms with Crippen molar-refractivity contribution < 1.29 is 4.79 Å². The maximum absolute atomic E-state index is 12.1. The lowest BCUT2D eigenvalue weighted by atomic mass is 10.0. The second kappa shape index (κ2) is 10.4. The summed E-state index contributed by atoms with van der Waals surface area (Å²) in [6.07, 6.45) is 5.42. The monoisotopic (exact) mass is 366 g/mol. The molecule has 1 aromatic rings. The molecule has 0 aromatic heterocycles. The van der Waals surface area contributed by atoms with Crippen LogP contribution in [0.15, 0.2) is 24.3 Å². The summed E-state index contributed by atoms with van der Waals surface area (Å²) in [6.45, 7) is 2.77. The standard InChI is InChI=1S/C19H30N2OS2/c1-15-8-10-16(11-9-15)18(21(2)3)14-20-19(22)7-5-4-6-17-12-13-23-24-17/h8-11,17-18H,4-7,12-14H2,1-3H3,(H,20,22). The predicted octanol–water partition coefficient (Wildman–Crippen LogP) is 4.43. The van der Waals surface area contributed by atoms with Crippen LogP contribution < -0.4 is 5.32 Å². The number of benzene rings is 1. The van der Waals surface area contributed by atoms with Gasteiger partial charge in [-0.05, 0) is 45.8 Å². The second-order valence-electron chi connectivity index (χ2n) is 6.77. The first kappa shape index (κ1) is 19.7. The summed E-state index contributed by atoms with van der Waals surface area (Å²) in [6, 6.07) is 8.80. The minimum atomic E-state index is 0.183. The zero-order valence-electron chi connectivity index (χ0n) is 15.1. The highest BCUT2D eigenvalue weighted by Crippen LogP contribution is 2.39. The molecule has 3 nitrogen and oxygen atoms in total. The van der Waals surface area contributed by atoms with E-state index in [-0.39, 0.29) is 11.9 Å². The first-order valence-corrected chi connectivity index (χ1v) is 11.2. The number of likely N-dealkylation sites (N-methyl/N-ethyl adjacent to an activating group) is 1. The summed E-state index contributed by atoms with van der Waals surface area (Å²) in [5, 5.41) is 3.93. The molecule has 0 saturated carbocycles. The Bertz CT molecular complexity index is 499. The summed E-state index contributed by atoms with van der Waals surface area (Å²) < 4.78 is 0. The number of nitrogens with one attached hydrogen (secondary N) is 1. The third kappa shape index (κ3) is 6.69. The van der Waals surface area contributed by atoms with E-state index < -0.39 is 0 Å². The molecule has 1 fully saturated rings. The molecule has 0 bridgehead atoms. The van der Waals surface area contributed by atoms with Crippen molar-refractivity contribution in [3.63, 3.8) is 0 Å². The molecule has 0 radical (unpaired) electrons. The van der Waals surface area contributed by atoms with Crippen LogP contribution in [0.2, 0.25) is 0 Å². The molecule has 134 valence electrons. The molecule has 5 heteroatoms. The van der Waals surface area contributed by atoms with Crippen LogP contribution >= 0.6 is 21.6 Å². The van der Waals surface area contributed by atoms with Crippen molar-refractivity contribution in [2.24, 2.45) is 0 Å². The molecular weight excluding hydrogens is 336 g/mol. The average Bonchev–Trinajstić information content (AvgIpc) is 3.06. The quantitative estimate of drug-likeness (QED) is 0.518. The smallest absolute Gasteiger partial charge is 0.220 e. The minimum absolute atomic E-state index is 0.183. The van der Waals surface area contributed by atoms with Gasteiger partial charge in [0.25, 0.3) is 0 Å². The third-order valence-electron chi connectivity index (χ3n) is 4.49. The van der Waals surface area contributed by atoms with Gasteiger partial charge < -0.3 is 10.2 Å². The van der Waals surface area contributed by atoms with Gasteiger partial charge in [-0.2, -0.15) is 0 Å². The first-order chi connectivity index (χ1) is 11.6. The van der Waals surface area contributed by atoms with E-state index in [0.29, 0.717) is 13.0 Å². The number of amides is 1. The lowest BCUT2D eigenvalue weighted by molar-refractivity contribution is -0.121.